The van der Waals surface area contributed by atoms with Crippen molar-refractivity contribution in [2.75, 3.05) is 6.61 Å². The largest absolute Gasteiger partial charge is 0.443 e. The van der Waals surface area contributed by atoms with Gasteiger partial charge in [0, 0.05) is 0 Å². The third kappa shape index (κ3) is 10.9. The zero-order valence-corrected chi connectivity index (χ0v) is 9.63. The van der Waals surface area contributed by atoms with Crippen LogP contribution in [0.1, 0.15) is 33.6 Å². The summed E-state index contributed by atoms with van der Waals surface area (Å²) in [6, 6.07) is 0. The van der Waals surface area contributed by atoms with E-state index in [0.29, 0.717) is 6.61 Å². The average Bonchev–Trinajstić information content (AvgIpc) is 2.08. The molecule has 0 aliphatic carbocycles. The van der Waals surface area contributed by atoms with Crippen molar-refractivity contribution in [3.63, 3.8) is 0 Å². The summed E-state index contributed by atoms with van der Waals surface area (Å²) in [5.41, 5.74) is 4.06. The minimum atomic E-state index is -0.564. The van der Waals surface area contributed by atoms with Gasteiger partial charge in [-0.05, 0) is 33.6 Å². The molecule has 0 radical (unpaired) electrons. The molecule has 0 aromatic heterocycles. The van der Waals surface area contributed by atoms with E-state index in [0.717, 1.165) is 12.8 Å². The Morgan fingerprint density at radius 2 is 2.13 bits per heavy atom. The van der Waals surface area contributed by atoms with Crippen LogP contribution >= 0.6 is 0 Å². The summed E-state index contributed by atoms with van der Waals surface area (Å²) >= 11 is 0. The van der Waals surface area contributed by atoms with Gasteiger partial charge in [0.1, 0.15) is 5.60 Å². The Hall–Kier alpha value is -1.07. The van der Waals surface area contributed by atoms with Crippen LogP contribution in [0, 0.1) is 0 Å². The van der Waals surface area contributed by atoms with Gasteiger partial charge in [-0.25, -0.2) is 10.2 Å². The van der Waals surface area contributed by atoms with E-state index in [2.05, 4.69) is 17.6 Å². The molecule has 0 heterocycles. The fourth-order valence-corrected chi connectivity index (χ4v) is 0.732. The number of ether oxygens (including phenoxy) is 1. The maximum absolute atomic E-state index is 11.1. The van der Waals surface area contributed by atoms with Crippen LogP contribution in [0.2, 0.25) is 0 Å². The molecule has 0 rings (SSSR count). The van der Waals surface area contributed by atoms with Crippen LogP contribution in [0.3, 0.4) is 0 Å². The predicted molar refractivity (Wildman–Crippen MR) is 57.9 cm³/mol. The van der Waals surface area contributed by atoms with Gasteiger partial charge in [0.15, 0.2) is 0 Å². The summed E-state index contributed by atoms with van der Waals surface area (Å²) in [6.45, 7) is 9.45. The van der Waals surface area contributed by atoms with Crippen molar-refractivity contribution < 1.29 is 14.4 Å². The Morgan fingerprint density at radius 3 is 2.67 bits per heavy atom. The smallest absolute Gasteiger partial charge is 0.423 e. The first-order chi connectivity index (χ1) is 6.95. The number of rotatable bonds is 6. The average molecular weight is 216 g/mol. The molecule has 88 valence electrons. The van der Waals surface area contributed by atoms with Crippen LogP contribution in [-0.4, -0.2) is 18.3 Å². The van der Waals surface area contributed by atoms with Crippen LogP contribution in [-0.2, 0) is 9.57 Å². The van der Waals surface area contributed by atoms with Crippen molar-refractivity contribution >= 4 is 6.09 Å². The fourth-order valence-electron chi connectivity index (χ4n) is 0.732. The summed E-state index contributed by atoms with van der Waals surface area (Å²) in [4.78, 5) is 16.0. The molecular formula is C10H20N2O3. The minimum Gasteiger partial charge on any atom is -0.443 e. The second kappa shape index (κ2) is 7.25. The van der Waals surface area contributed by atoms with Gasteiger partial charge in [0.25, 0.3) is 0 Å². The number of allylic oxidation sites excluding steroid dienone is 1. The summed E-state index contributed by atoms with van der Waals surface area (Å²) in [7, 11) is 0. The van der Waals surface area contributed by atoms with Gasteiger partial charge in [-0.15, -0.1) is 12.2 Å². The van der Waals surface area contributed by atoms with Crippen LogP contribution in [0.15, 0.2) is 12.7 Å². The van der Waals surface area contributed by atoms with Crippen molar-refractivity contribution in [1.29, 1.82) is 0 Å². The Balaban J connectivity index is 3.36. The molecule has 0 aliphatic heterocycles. The SMILES string of the molecule is C=CCCCONNC(=O)OC(C)(C)C. The van der Waals surface area contributed by atoms with Gasteiger partial charge in [0.05, 0.1) is 6.61 Å². The van der Waals surface area contributed by atoms with E-state index in [1.165, 1.54) is 0 Å². The lowest BCUT2D eigenvalue weighted by Gasteiger charge is -2.19. The first-order valence-corrected chi connectivity index (χ1v) is 4.92. The van der Waals surface area contributed by atoms with Crippen LogP contribution < -0.4 is 11.0 Å². The molecule has 0 aliphatic rings. The van der Waals surface area contributed by atoms with Gasteiger partial charge < -0.3 is 4.74 Å². The van der Waals surface area contributed by atoms with Gasteiger partial charge in [-0.2, -0.15) is 0 Å². The van der Waals surface area contributed by atoms with Gasteiger partial charge in [0.2, 0.25) is 0 Å². The van der Waals surface area contributed by atoms with E-state index in [1.54, 1.807) is 20.8 Å². The molecule has 5 nitrogen and oxygen atoms in total. The van der Waals surface area contributed by atoms with E-state index < -0.39 is 11.7 Å². The molecular weight excluding hydrogens is 196 g/mol. The van der Waals surface area contributed by atoms with E-state index in [9.17, 15) is 4.79 Å². The number of amides is 1. The number of unbranched alkanes of at least 4 members (excludes halogenated alkanes) is 1. The quantitative estimate of drug-likeness (QED) is 0.404. The molecule has 0 spiro atoms. The summed E-state index contributed by atoms with van der Waals surface area (Å²) in [5.74, 6) is 0. The Bertz CT molecular complexity index is 199. The van der Waals surface area contributed by atoms with E-state index in [-0.39, 0.29) is 0 Å². The zero-order valence-electron chi connectivity index (χ0n) is 9.63. The standard InChI is InChI=1S/C10H20N2O3/c1-5-6-7-8-14-12-11-9(13)15-10(2,3)4/h5,12H,1,6-8H2,2-4H3,(H,11,13). The lowest BCUT2D eigenvalue weighted by atomic mass is 10.2. The van der Waals surface area contributed by atoms with E-state index in [1.807, 2.05) is 6.08 Å². The lowest BCUT2D eigenvalue weighted by Crippen LogP contribution is -2.41. The molecule has 1 amide bonds. The molecule has 0 unspecified atom stereocenters. The monoisotopic (exact) mass is 216 g/mol. The highest BCUT2D eigenvalue weighted by atomic mass is 16.7. The van der Waals surface area contributed by atoms with Crippen molar-refractivity contribution in [2.45, 2.75) is 39.2 Å². The number of nitrogens with one attached hydrogen (secondary N) is 2. The predicted octanol–water partition coefficient (Wildman–Crippen LogP) is 1.91. The molecule has 15 heavy (non-hydrogen) atoms. The first kappa shape index (κ1) is 13.9. The normalized spacial score (nSPS) is 10.9. The van der Waals surface area contributed by atoms with E-state index in [4.69, 9.17) is 9.57 Å². The molecule has 0 aromatic carbocycles. The molecule has 0 saturated carbocycles. The summed E-state index contributed by atoms with van der Waals surface area (Å²) < 4.78 is 4.96. The van der Waals surface area contributed by atoms with Crippen LogP contribution in [0.4, 0.5) is 4.79 Å². The van der Waals surface area contributed by atoms with Gasteiger partial charge in [-0.3, -0.25) is 4.84 Å². The van der Waals surface area contributed by atoms with Crippen LogP contribution in [0.25, 0.3) is 0 Å². The molecule has 0 saturated heterocycles. The molecule has 5 heteroatoms. The van der Waals surface area contributed by atoms with E-state index >= 15 is 0 Å². The van der Waals surface area contributed by atoms with Crippen molar-refractivity contribution in [3.05, 3.63) is 12.7 Å². The minimum absolute atomic E-state index is 0.502. The van der Waals surface area contributed by atoms with Crippen molar-refractivity contribution in [1.82, 2.24) is 11.0 Å². The third-order valence-electron chi connectivity index (χ3n) is 1.28. The first-order valence-electron chi connectivity index (χ1n) is 4.92. The van der Waals surface area contributed by atoms with Crippen molar-refractivity contribution in [3.8, 4) is 0 Å². The molecule has 0 fully saturated rings. The highest BCUT2D eigenvalue weighted by molar-refractivity contribution is 5.66. The number of hydrogen-bond acceptors (Lipinski definition) is 4. The number of hydrazine groups is 1. The van der Waals surface area contributed by atoms with Crippen molar-refractivity contribution in [2.24, 2.45) is 0 Å². The van der Waals surface area contributed by atoms with Gasteiger partial charge >= 0.3 is 6.09 Å². The Labute approximate surface area is 90.7 Å². The second-order valence-electron chi connectivity index (χ2n) is 4.01. The maximum atomic E-state index is 11.1. The number of carbonyl (C=O) groups is 1. The zero-order chi connectivity index (χ0) is 11.7. The summed E-state index contributed by atoms with van der Waals surface area (Å²) in [6.07, 6.45) is 2.98. The van der Waals surface area contributed by atoms with Gasteiger partial charge in [-0.1, -0.05) is 6.08 Å². The summed E-state index contributed by atoms with van der Waals surface area (Å²) in [5, 5.41) is 0. The maximum Gasteiger partial charge on any atom is 0.423 e. The molecule has 2 N–H and O–H groups in total. The third-order valence-corrected chi connectivity index (χ3v) is 1.28. The molecule has 0 bridgehead atoms. The molecule has 0 aromatic rings. The topological polar surface area (TPSA) is 59.6 Å². The Morgan fingerprint density at radius 1 is 1.47 bits per heavy atom. The lowest BCUT2D eigenvalue weighted by molar-refractivity contribution is -0.00775. The number of carbonyl (C=O) groups excluding carboxylic acids is 1. The Kier molecular flexibility index (Phi) is 6.73. The second-order valence-corrected chi connectivity index (χ2v) is 4.01. The number of hydrogen-bond donors (Lipinski definition) is 2. The molecule has 0 atom stereocenters. The fraction of sp³-hybridized carbons (Fsp3) is 0.700. The van der Waals surface area contributed by atoms with Crippen LogP contribution in [0.5, 0.6) is 0 Å². The highest BCUT2D eigenvalue weighted by Gasteiger charge is 2.15. The highest BCUT2D eigenvalue weighted by Crippen LogP contribution is 2.05.